The van der Waals surface area contributed by atoms with Gasteiger partial charge >= 0.3 is 0 Å². The first-order chi connectivity index (χ1) is 10.7. The summed E-state index contributed by atoms with van der Waals surface area (Å²) in [6.45, 7) is 8.27. The minimum Gasteiger partial charge on any atom is -0.493 e. The third-order valence-corrected chi connectivity index (χ3v) is 4.80. The highest BCUT2D eigenvalue weighted by Gasteiger charge is 2.45. The maximum atomic E-state index is 10.5. The molecule has 0 atom stereocenters. The lowest BCUT2D eigenvalue weighted by Crippen LogP contribution is -2.58. The number of ether oxygens (including phenoxy) is 3. The van der Waals surface area contributed by atoms with Crippen LogP contribution in [-0.4, -0.2) is 42.7 Å². The van der Waals surface area contributed by atoms with Crippen LogP contribution in [0.2, 0.25) is 0 Å². The van der Waals surface area contributed by atoms with Gasteiger partial charge in [0, 0.05) is 11.1 Å². The Bertz CT molecular complexity index is 525. The van der Waals surface area contributed by atoms with Crippen LogP contribution in [0.25, 0.3) is 0 Å². The number of hydroxylamine groups is 2. The standard InChI is InChI=1S/C18H29NO4/c1-17(2)10-13(11-18(3,4)19(17)20)12-8-14(21-5)16(23-7)15(9-12)22-6/h8-9,13,20H,10-11H2,1-7H3. The van der Waals surface area contributed by atoms with E-state index in [4.69, 9.17) is 14.2 Å². The van der Waals surface area contributed by atoms with E-state index in [0.29, 0.717) is 23.2 Å². The summed E-state index contributed by atoms with van der Waals surface area (Å²) < 4.78 is 16.3. The van der Waals surface area contributed by atoms with Crippen LogP contribution in [-0.2, 0) is 0 Å². The quantitative estimate of drug-likeness (QED) is 0.912. The second kappa shape index (κ2) is 6.21. The fraction of sp³-hybridized carbons (Fsp3) is 0.667. The molecule has 1 fully saturated rings. The maximum absolute atomic E-state index is 10.5. The summed E-state index contributed by atoms with van der Waals surface area (Å²) in [4.78, 5) is 0. The van der Waals surface area contributed by atoms with Crippen LogP contribution in [0.1, 0.15) is 52.0 Å². The average Bonchev–Trinajstić information content (AvgIpc) is 2.50. The van der Waals surface area contributed by atoms with E-state index >= 15 is 0 Å². The van der Waals surface area contributed by atoms with Gasteiger partial charge in [0.15, 0.2) is 11.5 Å². The molecule has 5 heteroatoms. The van der Waals surface area contributed by atoms with E-state index in [1.54, 1.807) is 21.3 Å². The van der Waals surface area contributed by atoms with Gasteiger partial charge in [-0.25, -0.2) is 0 Å². The van der Waals surface area contributed by atoms with Crippen LogP contribution in [0.5, 0.6) is 17.2 Å². The van der Waals surface area contributed by atoms with Crippen molar-refractivity contribution in [2.45, 2.75) is 57.5 Å². The lowest BCUT2D eigenvalue weighted by molar-refractivity contribution is -0.245. The second-order valence-electron chi connectivity index (χ2n) is 7.50. The molecule has 0 saturated carbocycles. The van der Waals surface area contributed by atoms with Gasteiger partial charge in [-0.15, -0.1) is 0 Å². The molecular weight excluding hydrogens is 294 g/mol. The largest absolute Gasteiger partial charge is 0.493 e. The van der Waals surface area contributed by atoms with E-state index in [-0.39, 0.29) is 11.1 Å². The lowest BCUT2D eigenvalue weighted by Gasteiger charge is -2.51. The first kappa shape index (κ1) is 17.9. The molecule has 2 rings (SSSR count). The third kappa shape index (κ3) is 3.26. The molecule has 0 bridgehead atoms. The Kier molecular flexibility index (Phi) is 4.83. The highest BCUT2D eigenvalue weighted by Crippen LogP contribution is 2.47. The van der Waals surface area contributed by atoms with Gasteiger partial charge in [0.2, 0.25) is 5.75 Å². The fourth-order valence-corrected chi connectivity index (χ4v) is 3.84. The Balaban J connectivity index is 2.46. The molecule has 1 aliphatic heterocycles. The third-order valence-electron chi connectivity index (χ3n) is 4.80. The van der Waals surface area contributed by atoms with Gasteiger partial charge in [0.05, 0.1) is 21.3 Å². The number of piperidine rings is 1. The minimum atomic E-state index is -0.299. The van der Waals surface area contributed by atoms with Crippen molar-refractivity contribution in [3.63, 3.8) is 0 Å². The van der Waals surface area contributed by atoms with E-state index in [1.807, 2.05) is 12.1 Å². The zero-order valence-electron chi connectivity index (χ0n) is 15.3. The molecule has 0 amide bonds. The van der Waals surface area contributed by atoms with Crippen molar-refractivity contribution < 1.29 is 19.4 Å². The van der Waals surface area contributed by atoms with Crippen LogP contribution in [0.4, 0.5) is 0 Å². The van der Waals surface area contributed by atoms with Gasteiger partial charge in [0.1, 0.15) is 0 Å². The molecule has 130 valence electrons. The smallest absolute Gasteiger partial charge is 0.203 e. The van der Waals surface area contributed by atoms with E-state index in [2.05, 4.69) is 27.7 Å². The lowest BCUT2D eigenvalue weighted by atomic mass is 9.72. The molecule has 1 saturated heterocycles. The van der Waals surface area contributed by atoms with Gasteiger partial charge < -0.3 is 19.4 Å². The topological polar surface area (TPSA) is 51.2 Å². The molecule has 0 unspecified atom stereocenters. The van der Waals surface area contributed by atoms with Crippen molar-refractivity contribution >= 4 is 0 Å². The number of rotatable bonds is 4. The highest BCUT2D eigenvalue weighted by molar-refractivity contribution is 5.54. The molecule has 1 aliphatic rings. The van der Waals surface area contributed by atoms with Gasteiger partial charge in [-0.05, 0) is 64.2 Å². The summed E-state index contributed by atoms with van der Waals surface area (Å²) in [5.41, 5.74) is 0.549. The molecule has 0 spiro atoms. The minimum absolute atomic E-state index is 0.299. The van der Waals surface area contributed by atoms with E-state index in [9.17, 15) is 5.21 Å². The van der Waals surface area contributed by atoms with Gasteiger partial charge in [-0.3, -0.25) is 0 Å². The van der Waals surface area contributed by atoms with Crippen LogP contribution < -0.4 is 14.2 Å². The van der Waals surface area contributed by atoms with Crippen LogP contribution in [0, 0.1) is 0 Å². The molecule has 23 heavy (non-hydrogen) atoms. The normalized spacial score (nSPS) is 21.0. The summed E-state index contributed by atoms with van der Waals surface area (Å²) in [5.74, 6) is 2.25. The van der Waals surface area contributed by atoms with Crippen molar-refractivity contribution in [1.29, 1.82) is 0 Å². The molecule has 0 aromatic heterocycles. The molecule has 0 radical (unpaired) electrons. The Hall–Kier alpha value is -1.46. The summed E-state index contributed by atoms with van der Waals surface area (Å²) in [5, 5.41) is 12.0. The average molecular weight is 323 g/mol. The Morgan fingerprint density at radius 3 is 1.70 bits per heavy atom. The number of nitrogens with zero attached hydrogens (tertiary/aromatic N) is 1. The highest BCUT2D eigenvalue weighted by atomic mass is 16.5. The molecule has 5 nitrogen and oxygen atoms in total. The van der Waals surface area contributed by atoms with Crippen LogP contribution in [0.3, 0.4) is 0 Å². The fourth-order valence-electron chi connectivity index (χ4n) is 3.84. The number of methoxy groups -OCH3 is 3. The second-order valence-corrected chi connectivity index (χ2v) is 7.50. The van der Waals surface area contributed by atoms with Crippen molar-refractivity contribution in [3.05, 3.63) is 17.7 Å². The molecule has 1 N–H and O–H groups in total. The van der Waals surface area contributed by atoms with E-state index in [0.717, 1.165) is 18.4 Å². The summed E-state index contributed by atoms with van der Waals surface area (Å²) >= 11 is 0. The van der Waals surface area contributed by atoms with E-state index in [1.165, 1.54) is 5.06 Å². The first-order valence-electron chi connectivity index (χ1n) is 7.95. The summed E-state index contributed by atoms with van der Waals surface area (Å²) in [6, 6.07) is 4.04. The number of hydrogen-bond acceptors (Lipinski definition) is 5. The van der Waals surface area contributed by atoms with Gasteiger partial charge in [-0.1, -0.05) is 0 Å². The summed E-state index contributed by atoms with van der Waals surface area (Å²) in [6.07, 6.45) is 1.71. The predicted molar refractivity (Wildman–Crippen MR) is 89.9 cm³/mol. The molecular formula is C18H29NO4. The first-order valence-corrected chi connectivity index (χ1v) is 7.95. The molecule has 0 aliphatic carbocycles. The monoisotopic (exact) mass is 323 g/mol. The maximum Gasteiger partial charge on any atom is 0.203 e. The van der Waals surface area contributed by atoms with Crippen molar-refractivity contribution in [3.8, 4) is 17.2 Å². The van der Waals surface area contributed by atoms with E-state index < -0.39 is 0 Å². The van der Waals surface area contributed by atoms with Crippen molar-refractivity contribution in [2.75, 3.05) is 21.3 Å². The SMILES string of the molecule is COc1cc(C2CC(C)(C)N(O)C(C)(C)C2)cc(OC)c1OC. The zero-order valence-corrected chi connectivity index (χ0v) is 15.3. The molecule has 1 aromatic carbocycles. The Morgan fingerprint density at radius 1 is 0.913 bits per heavy atom. The van der Waals surface area contributed by atoms with Gasteiger partial charge in [-0.2, -0.15) is 5.06 Å². The Labute approximate surface area is 139 Å². The van der Waals surface area contributed by atoms with Crippen LogP contribution in [0.15, 0.2) is 12.1 Å². The van der Waals surface area contributed by atoms with Crippen molar-refractivity contribution in [1.82, 2.24) is 5.06 Å². The van der Waals surface area contributed by atoms with Gasteiger partial charge in [0.25, 0.3) is 0 Å². The molecule has 1 heterocycles. The Morgan fingerprint density at radius 2 is 1.35 bits per heavy atom. The molecule has 1 aromatic rings. The number of benzene rings is 1. The summed E-state index contributed by atoms with van der Waals surface area (Å²) in [7, 11) is 4.87. The zero-order chi connectivity index (χ0) is 17.4. The predicted octanol–water partition coefficient (Wildman–Crippen LogP) is 3.84. The van der Waals surface area contributed by atoms with Crippen molar-refractivity contribution in [2.24, 2.45) is 0 Å². The van der Waals surface area contributed by atoms with Crippen LogP contribution >= 0.6 is 0 Å². The number of hydrogen-bond donors (Lipinski definition) is 1.